The molecular weight excluding hydrogens is 364 g/mol. The lowest BCUT2D eigenvalue weighted by Gasteiger charge is -2.25. The van der Waals surface area contributed by atoms with Crippen molar-refractivity contribution in [2.24, 2.45) is 4.99 Å². The molecule has 3 rings (SSSR count). The van der Waals surface area contributed by atoms with Crippen molar-refractivity contribution >= 4 is 32.7 Å². The van der Waals surface area contributed by atoms with Crippen molar-refractivity contribution in [1.82, 2.24) is 4.90 Å². The zero-order valence-electron chi connectivity index (χ0n) is 14.0. The molecule has 0 radical (unpaired) electrons. The van der Waals surface area contributed by atoms with Crippen LogP contribution in [0.4, 0.5) is 0 Å². The summed E-state index contributed by atoms with van der Waals surface area (Å²) < 4.78 is 34.2. The van der Waals surface area contributed by atoms with Gasteiger partial charge in [-0.15, -0.1) is 0 Å². The predicted molar refractivity (Wildman–Crippen MR) is 96.7 cm³/mol. The summed E-state index contributed by atoms with van der Waals surface area (Å²) in [5.41, 5.74) is 0.919. The number of para-hydroxylation sites is 1. The van der Waals surface area contributed by atoms with Gasteiger partial charge in [-0.2, -0.15) is 4.99 Å². The molecule has 2 aliphatic rings. The number of nitrogens with zero attached hydrogens (tertiary/aromatic N) is 2. The normalized spacial score (nSPS) is 26.0. The Balaban J connectivity index is 1.91. The second kappa shape index (κ2) is 7.35. The molecule has 1 amide bonds. The molecule has 2 fully saturated rings. The van der Waals surface area contributed by atoms with Crippen molar-refractivity contribution in [3.8, 4) is 5.75 Å². The van der Waals surface area contributed by atoms with Crippen molar-refractivity contribution in [1.29, 1.82) is 0 Å². The van der Waals surface area contributed by atoms with Gasteiger partial charge in [0, 0.05) is 24.5 Å². The Bertz CT molecular complexity index is 793. The zero-order valence-corrected chi connectivity index (χ0v) is 15.7. The summed E-state index contributed by atoms with van der Waals surface area (Å²) in [5.74, 6) is 0.539. The molecule has 0 aliphatic carbocycles. The lowest BCUT2D eigenvalue weighted by atomic mass is 10.1. The number of carbonyl (C=O) groups excluding carboxylic acids is 1. The van der Waals surface area contributed by atoms with E-state index in [9.17, 15) is 13.2 Å². The number of ether oxygens (including phenoxy) is 2. The SMILES string of the molecule is COCC(=O)N=C1S[C@H]2CS(=O)(=O)C[C@H]2N1Cc1ccccc1OC. The first-order valence-electron chi connectivity index (χ1n) is 7.79. The van der Waals surface area contributed by atoms with Gasteiger partial charge in [-0.25, -0.2) is 8.42 Å². The fourth-order valence-electron chi connectivity index (χ4n) is 3.10. The topological polar surface area (TPSA) is 85.3 Å². The van der Waals surface area contributed by atoms with E-state index in [1.165, 1.54) is 18.9 Å². The van der Waals surface area contributed by atoms with Crippen LogP contribution >= 0.6 is 11.8 Å². The van der Waals surface area contributed by atoms with Gasteiger partial charge in [0.25, 0.3) is 5.91 Å². The summed E-state index contributed by atoms with van der Waals surface area (Å²) in [6.45, 7) is 0.340. The number of amidine groups is 1. The maximum absolute atomic E-state index is 12.0. The number of fused-ring (bicyclic) bond motifs is 1. The van der Waals surface area contributed by atoms with Crippen LogP contribution in [0.25, 0.3) is 0 Å². The van der Waals surface area contributed by atoms with Gasteiger partial charge >= 0.3 is 0 Å². The van der Waals surface area contributed by atoms with Crippen molar-refractivity contribution in [2.75, 3.05) is 32.3 Å². The van der Waals surface area contributed by atoms with Crippen LogP contribution in [-0.2, 0) is 25.9 Å². The van der Waals surface area contributed by atoms with Crippen molar-refractivity contribution in [2.45, 2.75) is 17.8 Å². The Morgan fingerprint density at radius 1 is 1.32 bits per heavy atom. The molecule has 136 valence electrons. The Labute approximate surface area is 151 Å². The number of sulfone groups is 1. The summed E-state index contributed by atoms with van der Waals surface area (Å²) in [6.07, 6.45) is 0. The molecule has 0 N–H and O–H groups in total. The van der Waals surface area contributed by atoms with Crippen LogP contribution in [0.2, 0.25) is 0 Å². The van der Waals surface area contributed by atoms with E-state index in [2.05, 4.69) is 4.99 Å². The number of benzene rings is 1. The van der Waals surface area contributed by atoms with Crippen LogP contribution in [-0.4, -0.2) is 68.0 Å². The Morgan fingerprint density at radius 2 is 2.08 bits per heavy atom. The van der Waals surface area contributed by atoms with Crippen LogP contribution in [0.5, 0.6) is 5.75 Å². The van der Waals surface area contributed by atoms with Crippen molar-refractivity contribution < 1.29 is 22.7 Å². The first-order chi connectivity index (χ1) is 11.9. The second-order valence-corrected chi connectivity index (χ2v) is 9.32. The quantitative estimate of drug-likeness (QED) is 0.747. The minimum atomic E-state index is -3.07. The fraction of sp³-hybridized carbons (Fsp3) is 0.500. The average Bonchev–Trinajstić information content (AvgIpc) is 3.01. The number of carbonyl (C=O) groups is 1. The standard InChI is InChI=1S/C16H20N2O5S2/c1-22-8-15(19)17-16-18(7-11-5-3-4-6-13(11)23-2)12-9-25(20,21)10-14(12)24-16/h3-6,12,14H,7-10H2,1-2H3/t12-,14+/m1/s1. The molecule has 2 aliphatic heterocycles. The summed E-state index contributed by atoms with van der Waals surface area (Å²) in [5, 5.41) is 0.451. The van der Waals surface area contributed by atoms with E-state index in [4.69, 9.17) is 9.47 Å². The number of amides is 1. The largest absolute Gasteiger partial charge is 0.496 e. The number of methoxy groups -OCH3 is 2. The van der Waals surface area contributed by atoms with Crippen molar-refractivity contribution in [3.63, 3.8) is 0 Å². The van der Waals surface area contributed by atoms with Crippen LogP contribution < -0.4 is 4.74 Å². The molecule has 0 spiro atoms. The highest BCUT2D eigenvalue weighted by Gasteiger charge is 2.48. The van der Waals surface area contributed by atoms with Gasteiger partial charge in [-0.1, -0.05) is 30.0 Å². The number of aliphatic imine (C=N–C) groups is 1. The van der Waals surface area contributed by atoms with E-state index in [-0.39, 0.29) is 35.3 Å². The molecule has 2 atom stereocenters. The highest BCUT2D eigenvalue weighted by molar-refractivity contribution is 8.15. The van der Waals surface area contributed by atoms with E-state index in [1.54, 1.807) is 7.11 Å². The molecule has 0 bridgehead atoms. The number of hydrogen-bond acceptors (Lipinski definition) is 6. The van der Waals surface area contributed by atoms with Gasteiger partial charge in [0.15, 0.2) is 15.0 Å². The molecular formula is C16H20N2O5S2. The average molecular weight is 384 g/mol. The molecule has 9 heteroatoms. The minimum absolute atomic E-state index is 0.0807. The van der Waals surface area contributed by atoms with Gasteiger partial charge in [0.2, 0.25) is 0 Å². The summed E-state index contributed by atoms with van der Waals surface area (Å²) in [6, 6.07) is 7.37. The number of hydrogen-bond donors (Lipinski definition) is 0. The molecule has 7 nitrogen and oxygen atoms in total. The Kier molecular flexibility index (Phi) is 5.35. The molecule has 1 aromatic carbocycles. The third kappa shape index (κ3) is 3.99. The number of rotatable bonds is 5. The Morgan fingerprint density at radius 3 is 2.80 bits per heavy atom. The van der Waals surface area contributed by atoms with Gasteiger partial charge < -0.3 is 14.4 Å². The molecule has 25 heavy (non-hydrogen) atoms. The maximum atomic E-state index is 12.0. The first-order valence-corrected chi connectivity index (χ1v) is 10.5. The van der Waals surface area contributed by atoms with E-state index in [0.717, 1.165) is 11.3 Å². The van der Waals surface area contributed by atoms with Gasteiger partial charge in [-0.3, -0.25) is 4.79 Å². The lowest BCUT2D eigenvalue weighted by Crippen LogP contribution is -2.37. The zero-order chi connectivity index (χ0) is 18.0. The highest BCUT2D eigenvalue weighted by atomic mass is 32.2. The molecule has 2 heterocycles. The first kappa shape index (κ1) is 18.2. The maximum Gasteiger partial charge on any atom is 0.274 e. The number of thioether (sulfide) groups is 1. The molecule has 0 aromatic heterocycles. The monoisotopic (exact) mass is 384 g/mol. The molecule has 0 saturated carbocycles. The van der Waals surface area contributed by atoms with Crippen molar-refractivity contribution in [3.05, 3.63) is 29.8 Å². The van der Waals surface area contributed by atoms with E-state index >= 15 is 0 Å². The molecule has 2 saturated heterocycles. The van der Waals surface area contributed by atoms with Gasteiger partial charge in [0.1, 0.15) is 12.4 Å². The Hall–Kier alpha value is -1.58. The lowest BCUT2D eigenvalue weighted by molar-refractivity contribution is -0.121. The summed E-state index contributed by atoms with van der Waals surface area (Å²) in [7, 11) is -0.0338. The van der Waals surface area contributed by atoms with Crippen LogP contribution in [0.1, 0.15) is 5.56 Å². The van der Waals surface area contributed by atoms with Gasteiger partial charge in [-0.05, 0) is 6.07 Å². The molecule has 0 unspecified atom stereocenters. The van der Waals surface area contributed by atoms with Crippen LogP contribution in [0, 0.1) is 0 Å². The van der Waals surface area contributed by atoms with E-state index in [1.807, 2.05) is 29.2 Å². The van der Waals surface area contributed by atoms with Crippen LogP contribution in [0.15, 0.2) is 29.3 Å². The van der Waals surface area contributed by atoms with E-state index in [0.29, 0.717) is 11.7 Å². The smallest absolute Gasteiger partial charge is 0.274 e. The highest BCUT2D eigenvalue weighted by Crippen LogP contribution is 2.39. The summed E-state index contributed by atoms with van der Waals surface area (Å²) >= 11 is 1.36. The summed E-state index contributed by atoms with van der Waals surface area (Å²) in [4.78, 5) is 17.9. The van der Waals surface area contributed by atoms with Gasteiger partial charge in [0.05, 0.1) is 24.7 Å². The molecule has 1 aromatic rings. The van der Waals surface area contributed by atoms with Crippen LogP contribution in [0.3, 0.4) is 0 Å². The second-order valence-electron chi connectivity index (χ2n) is 5.96. The predicted octanol–water partition coefficient (Wildman–Crippen LogP) is 0.939. The fourth-order valence-corrected chi connectivity index (χ4v) is 7.07. The third-order valence-corrected chi connectivity index (χ3v) is 7.44. The minimum Gasteiger partial charge on any atom is -0.496 e. The van der Waals surface area contributed by atoms with E-state index < -0.39 is 9.84 Å². The third-order valence-electron chi connectivity index (χ3n) is 4.20.